The van der Waals surface area contributed by atoms with Gasteiger partial charge in [0, 0.05) is 18.2 Å². The van der Waals surface area contributed by atoms with E-state index in [2.05, 4.69) is 11.2 Å². The second kappa shape index (κ2) is 2.82. The van der Waals surface area contributed by atoms with Crippen molar-refractivity contribution in [2.75, 3.05) is 6.61 Å². The first-order valence-corrected chi connectivity index (χ1v) is 4.51. The average molecular weight is 181 g/mol. The van der Waals surface area contributed by atoms with Gasteiger partial charge < -0.3 is 4.84 Å². The zero-order valence-electron chi connectivity index (χ0n) is 8.08. The summed E-state index contributed by atoms with van der Waals surface area (Å²) in [6.07, 6.45) is 2.31. The number of hydrogen-bond acceptors (Lipinski definition) is 3. The summed E-state index contributed by atoms with van der Waals surface area (Å²) in [4.78, 5) is 4.75. The SMILES string of the molecule is Cc1cc(C2(CON)CC2)n(C)n1. The second-order valence-electron chi connectivity index (χ2n) is 3.89. The molecule has 1 aromatic rings. The zero-order chi connectivity index (χ0) is 9.47. The van der Waals surface area contributed by atoms with E-state index in [-0.39, 0.29) is 5.41 Å². The van der Waals surface area contributed by atoms with E-state index < -0.39 is 0 Å². The summed E-state index contributed by atoms with van der Waals surface area (Å²) in [5, 5.41) is 4.32. The molecule has 2 rings (SSSR count). The summed E-state index contributed by atoms with van der Waals surface area (Å²) in [5.41, 5.74) is 2.46. The Morgan fingerprint density at radius 1 is 1.69 bits per heavy atom. The lowest BCUT2D eigenvalue weighted by Crippen LogP contribution is -2.21. The van der Waals surface area contributed by atoms with Crippen LogP contribution in [0, 0.1) is 6.92 Å². The first kappa shape index (κ1) is 8.72. The van der Waals surface area contributed by atoms with Crippen molar-refractivity contribution in [2.24, 2.45) is 12.9 Å². The summed E-state index contributed by atoms with van der Waals surface area (Å²) in [5.74, 6) is 5.12. The Hall–Kier alpha value is -0.870. The van der Waals surface area contributed by atoms with Crippen LogP contribution < -0.4 is 5.90 Å². The van der Waals surface area contributed by atoms with Gasteiger partial charge >= 0.3 is 0 Å². The van der Waals surface area contributed by atoms with Crippen LogP contribution in [0.5, 0.6) is 0 Å². The molecule has 4 nitrogen and oxygen atoms in total. The van der Waals surface area contributed by atoms with E-state index in [1.54, 1.807) is 0 Å². The molecule has 0 saturated heterocycles. The first-order chi connectivity index (χ1) is 6.18. The standard InChI is InChI=1S/C9H15N3O/c1-7-5-8(12(2)11-7)9(3-4-9)6-13-10/h5H,3-4,6,10H2,1-2H3. The van der Waals surface area contributed by atoms with Gasteiger partial charge in [0.15, 0.2) is 0 Å². The number of hydrogen-bond donors (Lipinski definition) is 1. The molecule has 0 aliphatic heterocycles. The van der Waals surface area contributed by atoms with E-state index in [1.807, 2.05) is 18.7 Å². The van der Waals surface area contributed by atoms with E-state index in [0.717, 1.165) is 18.5 Å². The smallest absolute Gasteiger partial charge is 0.0790 e. The monoisotopic (exact) mass is 181 g/mol. The van der Waals surface area contributed by atoms with Crippen LogP contribution in [-0.4, -0.2) is 16.4 Å². The summed E-state index contributed by atoms with van der Waals surface area (Å²) in [7, 11) is 1.97. The van der Waals surface area contributed by atoms with Crippen molar-refractivity contribution in [2.45, 2.75) is 25.2 Å². The molecule has 0 unspecified atom stereocenters. The number of aryl methyl sites for hydroxylation is 2. The molecule has 1 fully saturated rings. The maximum Gasteiger partial charge on any atom is 0.0790 e. The molecular weight excluding hydrogens is 166 g/mol. The van der Waals surface area contributed by atoms with Gasteiger partial charge in [-0.25, -0.2) is 5.90 Å². The summed E-state index contributed by atoms with van der Waals surface area (Å²) < 4.78 is 1.93. The number of aromatic nitrogens is 2. The molecule has 1 saturated carbocycles. The van der Waals surface area contributed by atoms with Crippen molar-refractivity contribution in [3.63, 3.8) is 0 Å². The van der Waals surface area contributed by atoms with Crippen LogP contribution in [0.15, 0.2) is 6.07 Å². The lowest BCUT2D eigenvalue weighted by Gasteiger charge is -2.13. The topological polar surface area (TPSA) is 53.1 Å². The highest BCUT2D eigenvalue weighted by Gasteiger charge is 2.46. The van der Waals surface area contributed by atoms with Gasteiger partial charge in [-0.05, 0) is 25.8 Å². The first-order valence-electron chi connectivity index (χ1n) is 4.51. The fraction of sp³-hybridized carbons (Fsp3) is 0.667. The molecule has 4 heteroatoms. The van der Waals surface area contributed by atoms with Crippen LogP contribution in [0.25, 0.3) is 0 Å². The van der Waals surface area contributed by atoms with Crippen molar-refractivity contribution in [1.82, 2.24) is 9.78 Å². The number of nitrogens with two attached hydrogens (primary N) is 1. The molecule has 13 heavy (non-hydrogen) atoms. The van der Waals surface area contributed by atoms with Gasteiger partial charge in [0.2, 0.25) is 0 Å². The van der Waals surface area contributed by atoms with Gasteiger partial charge in [-0.15, -0.1) is 0 Å². The van der Waals surface area contributed by atoms with Crippen LogP contribution in [0.1, 0.15) is 24.2 Å². The largest absolute Gasteiger partial charge is 0.304 e. The van der Waals surface area contributed by atoms with Crippen molar-refractivity contribution in [3.8, 4) is 0 Å². The Bertz CT molecular complexity index is 315. The molecule has 0 spiro atoms. The predicted molar refractivity (Wildman–Crippen MR) is 49.0 cm³/mol. The molecule has 1 heterocycles. The maximum atomic E-state index is 5.12. The van der Waals surface area contributed by atoms with Crippen molar-refractivity contribution in [3.05, 3.63) is 17.5 Å². The fourth-order valence-corrected chi connectivity index (χ4v) is 1.89. The van der Waals surface area contributed by atoms with E-state index >= 15 is 0 Å². The molecule has 0 atom stereocenters. The minimum Gasteiger partial charge on any atom is -0.304 e. The van der Waals surface area contributed by atoms with Crippen molar-refractivity contribution < 1.29 is 4.84 Å². The summed E-state index contributed by atoms with van der Waals surface area (Å²) in [6.45, 7) is 2.61. The Balaban J connectivity index is 2.29. The highest BCUT2D eigenvalue weighted by atomic mass is 16.6. The maximum absolute atomic E-state index is 5.12. The normalized spacial score (nSPS) is 19.0. The average Bonchev–Trinajstić information content (AvgIpc) is 2.74. The Morgan fingerprint density at radius 3 is 2.77 bits per heavy atom. The third-order valence-electron chi connectivity index (χ3n) is 2.76. The highest BCUT2D eigenvalue weighted by Crippen LogP contribution is 2.48. The van der Waals surface area contributed by atoms with Crippen LogP contribution >= 0.6 is 0 Å². The molecule has 2 N–H and O–H groups in total. The van der Waals surface area contributed by atoms with Crippen LogP contribution in [0.4, 0.5) is 0 Å². The lowest BCUT2D eigenvalue weighted by atomic mass is 10.0. The van der Waals surface area contributed by atoms with Gasteiger partial charge in [0.1, 0.15) is 0 Å². The van der Waals surface area contributed by atoms with Crippen molar-refractivity contribution >= 4 is 0 Å². The third-order valence-corrected chi connectivity index (χ3v) is 2.76. The summed E-state index contributed by atoms with van der Waals surface area (Å²) >= 11 is 0. The van der Waals surface area contributed by atoms with E-state index in [0.29, 0.717) is 6.61 Å². The molecule has 0 aromatic carbocycles. The highest BCUT2D eigenvalue weighted by molar-refractivity contribution is 5.26. The van der Waals surface area contributed by atoms with Crippen LogP contribution in [-0.2, 0) is 17.3 Å². The van der Waals surface area contributed by atoms with E-state index in [9.17, 15) is 0 Å². The summed E-state index contributed by atoms with van der Waals surface area (Å²) in [6, 6.07) is 2.12. The molecule has 72 valence electrons. The van der Waals surface area contributed by atoms with Crippen molar-refractivity contribution in [1.29, 1.82) is 0 Å². The lowest BCUT2D eigenvalue weighted by molar-refractivity contribution is 0.114. The predicted octanol–water partition coefficient (Wildman–Crippen LogP) is 0.650. The quantitative estimate of drug-likeness (QED) is 0.696. The van der Waals surface area contributed by atoms with E-state index in [1.165, 1.54) is 5.69 Å². The Labute approximate surface area is 77.6 Å². The number of rotatable bonds is 3. The van der Waals surface area contributed by atoms with Gasteiger partial charge in [0.05, 0.1) is 12.3 Å². The second-order valence-corrected chi connectivity index (χ2v) is 3.89. The minimum absolute atomic E-state index is 0.157. The minimum atomic E-state index is 0.157. The molecule has 1 aliphatic carbocycles. The molecule has 0 amide bonds. The van der Waals surface area contributed by atoms with E-state index in [4.69, 9.17) is 10.7 Å². The molecule has 0 radical (unpaired) electrons. The third kappa shape index (κ3) is 1.36. The van der Waals surface area contributed by atoms with Crippen LogP contribution in [0.2, 0.25) is 0 Å². The van der Waals surface area contributed by atoms with Gasteiger partial charge in [-0.2, -0.15) is 5.10 Å². The Kier molecular flexibility index (Phi) is 1.89. The molecule has 0 bridgehead atoms. The Morgan fingerprint density at radius 2 is 2.38 bits per heavy atom. The van der Waals surface area contributed by atoms with Crippen LogP contribution in [0.3, 0.4) is 0 Å². The molecule has 1 aromatic heterocycles. The molecule has 1 aliphatic rings. The number of nitrogens with zero attached hydrogens (tertiary/aromatic N) is 2. The van der Waals surface area contributed by atoms with Gasteiger partial charge in [-0.3, -0.25) is 4.68 Å². The molecular formula is C9H15N3O. The van der Waals surface area contributed by atoms with Gasteiger partial charge in [0.25, 0.3) is 0 Å². The van der Waals surface area contributed by atoms with Gasteiger partial charge in [-0.1, -0.05) is 0 Å². The zero-order valence-corrected chi connectivity index (χ0v) is 8.08. The fourth-order valence-electron chi connectivity index (χ4n) is 1.89.